The van der Waals surface area contributed by atoms with E-state index >= 15 is 0 Å². The minimum atomic E-state index is -0.969. The molecule has 0 saturated carbocycles. The monoisotopic (exact) mass is 1110 g/mol. The van der Waals surface area contributed by atoms with E-state index in [9.17, 15) is 28.8 Å². The number of primary amides is 1. The minimum Gasteiger partial charge on any atom is -0.377 e. The third kappa shape index (κ3) is 36.0. The summed E-state index contributed by atoms with van der Waals surface area (Å²) in [6.45, 7) is 10.3. The van der Waals surface area contributed by atoms with Crippen molar-refractivity contribution in [2.45, 2.75) is 76.3 Å². The van der Waals surface area contributed by atoms with Crippen LogP contribution in [0.25, 0.3) is 0 Å². The molecule has 2 heterocycles. The first kappa shape index (κ1) is 67.0. The Morgan fingerprint density at radius 1 is 0.671 bits per heavy atom. The molecule has 0 unspecified atom stereocenters. The van der Waals surface area contributed by atoms with Crippen LogP contribution in [-0.4, -0.2) is 227 Å². The second kappa shape index (κ2) is 45.0. The fourth-order valence-electron chi connectivity index (χ4n) is 6.12. The molecule has 0 fully saturated rings. The third-order valence-corrected chi connectivity index (χ3v) is 11.7. The molecule has 27 nitrogen and oxygen atoms in total. The highest BCUT2D eigenvalue weighted by Crippen LogP contribution is 2.07. The Kier molecular flexibility index (Phi) is 39.7. The van der Waals surface area contributed by atoms with E-state index in [0.29, 0.717) is 144 Å². The van der Waals surface area contributed by atoms with Crippen molar-refractivity contribution in [3.05, 3.63) is 29.8 Å². The summed E-state index contributed by atoms with van der Waals surface area (Å²) in [5.41, 5.74) is 6.49. The number of nitrogens with one attached hydrogen (secondary N) is 6. The molecule has 2 aromatic heterocycles. The van der Waals surface area contributed by atoms with Crippen molar-refractivity contribution < 1.29 is 71.4 Å². The molecule has 8 N–H and O–H groups in total. The van der Waals surface area contributed by atoms with Crippen LogP contribution in [0.2, 0.25) is 0 Å². The lowest BCUT2D eigenvalue weighted by Gasteiger charge is -2.25. The van der Waals surface area contributed by atoms with Crippen LogP contribution in [0.1, 0.15) is 57.2 Å². The number of likely N-dealkylation sites (N-methyl/N-ethyl adjacent to an activating group) is 1. The molecule has 2 atom stereocenters. The van der Waals surface area contributed by atoms with Crippen molar-refractivity contribution in [1.82, 2.24) is 56.9 Å². The number of hydrogen-bond acceptors (Lipinski definition) is 20. The van der Waals surface area contributed by atoms with E-state index < -0.39 is 48.4 Å². The molecule has 29 heteroatoms. The lowest BCUT2D eigenvalue weighted by atomic mass is 10.0. The van der Waals surface area contributed by atoms with Gasteiger partial charge in [0.15, 0.2) is 5.16 Å². The molecule has 7 amide bonds. The zero-order chi connectivity index (χ0) is 55.3. The average molecular weight is 1110 g/mol. The Morgan fingerprint density at radius 2 is 1.22 bits per heavy atom. The Hall–Kier alpha value is -5.08. The Morgan fingerprint density at radius 3 is 1.76 bits per heavy atom. The van der Waals surface area contributed by atoms with E-state index in [1.54, 1.807) is 47.2 Å². The summed E-state index contributed by atoms with van der Waals surface area (Å²) in [5, 5.41) is 24.6. The first-order chi connectivity index (χ1) is 36.9. The second-order valence-corrected chi connectivity index (χ2v) is 18.5. The topological polar surface area (TPSA) is 340 Å². The molecule has 0 aliphatic rings. The maximum absolute atomic E-state index is 13.0. The normalized spacial score (nSPS) is 11.8. The molecule has 0 spiro atoms. The number of nitrogens with two attached hydrogens (primary N) is 1. The third-order valence-electron chi connectivity index (χ3n) is 10.0. The standard InChI is InChI=1S/C47H78N12O15S.Al.2H/c1-36(2)43(45(64)55-39(44(63)49-3)9-7-11-51-46(48)65)56-42(62)35-74-34-41(61)50-12-14-66-16-18-68-20-22-70-24-26-72-28-29-73-27-25-71-23-21-69-19-17-67-15-13-59-33-38(57-58-59)32-52-40(60)10-6-4-5-8-37-30-53-47(75)54-31-37;;;/h30-31,33,36,39,43H,4,6-7,9-29,32,34-35H2,1-3H3,(H,49,63)(H,50,61)(H,52,60)(H,55,64)(H,56,62)(H3,48,51,65)(H,53,54,75);;;/q;+1;;/p-1/t39-,43-;;;/m0.../s1. The van der Waals surface area contributed by atoms with E-state index in [1.807, 2.05) is 0 Å². The van der Waals surface area contributed by atoms with Gasteiger partial charge in [-0.1, -0.05) is 30.9 Å². The fraction of sp³-hybridized carbons (Fsp3) is 0.702. The SMILES string of the molecule is CNC(=O)[C@H](CCCNC(N)=O)NC(=O)[C@@H](NC(=O)COCC(=O)NCCOCCOCCOCCOCCOCCOCCOCCOCCn1cc(CNC(=O)CCCC#Cc2cnc([S][AlH2])nc2)nn1)C(C)C. The van der Waals surface area contributed by atoms with E-state index in [1.165, 1.54) is 7.05 Å². The number of hydrogen-bond donors (Lipinski definition) is 7. The van der Waals surface area contributed by atoms with Crippen molar-refractivity contribution in [1.29, 1.82) is 0 Å². The van der Waals surface area contributed by atoms with Crippen LogP contribution in [0.5, 0.6) is 0 Å². The number of carbonyl (C=O) groups is 6. The van der Waals surface area contributed by atoms with Gasteiger partial charge >= 0.3 is 21.2 Å². The van der Waals surface area contributed by atoms with Gasteiger partial charge in [0.05, 0.1) is 131 Å². The van der Waals surface area contributed by atoms with Crippen LogP contribution in [-0.2, 0) is 79.7 Å². The van der Waals surface area contributed by atoms with Gasteiger partial charge in [-0.25, -0.2) is 19.4 Å². The minimum absolute atomic E-state index is 0.0648. The van der Waals surface area contributed by atoms with E-state index in [2.05, 4.69) is 64.0 Å². The summed E-state index contributed by atoms with van der Waals surface area (Å²) in [5.74, 6) is 3.63. The summed E-state index contributed by atoms with van der Waals surface area (Å²) < 4.78 is 51.0. The number of rotatable bonds is 46. The van der Waals surface area contributed by atoms with Crippen LogP contribution >= 0.6 is 10.1 Å². The largest absolute Gasteiger partial charge is 0.377 e. The Balaban J connectivity index is 1.30. The van der Waals surface area contributed by atoms with Gasteiger partial charge in [-0.2, -0.15) is 10.1 Å². The summed E-state index contributed by atoms with van der Waals surface area (Å²) in [4.78, 5) is 81.4. The van der Waals surface area contributed by atoms with Crippen LogP contribution in [0.3, 0.4) is 0 Å². The number of ether oxygens (including phenoxy) is 9. The highest BCUT2D eigenvalue weighted by molar-refractivity contribution is 8.19. The smallest absolute Gasteiger partial charge is 0.316 e. The summed E-state index contributed by atoms with van der Waals surface area (Å²) >= 11 is 0.943. The molecule has 0 aliphatic heterocycles. The van der Waals surface area contributed by atoms with Gasteiger partial charge in [-0.15, -0.1) is 5.10 Å². The Bertz CT molecular complexity index is 1980. The maximum atomic E-state index is 13.0. The van der Waals surface area contributed by atoms with Gasteiger partial charge in [0.1, 0.15) is 31.0 Å². The molecule has 0 saturated heterocycles. The lowest BCUT2D eigenvalue weighted by molar-refractivity contribution is -0.135. The van der Waals surface area contributed by atoms with E-state index in [4.69, 9.17) is 48.4 Å². The molecule has 0 radical (unpaired) electrons. The van der Waals surface area contributed by atoms with Crippen molar-refractivity contribution in [3.8, 4) is 11.8 Å². The van der Waals surface area contributed by atoms with E-state index in [0.717, 1.165) is 25.9 Å². The molecule has 0 aliphatic carbocycles. The summed E-state index contributed by atoms with van der Waals surface area (Å²) in [6.07, 6.45) is 7.45. The molecule has 2 rings (SSSR count). The molecular formula is C47H79AlN12O15S. The van der Waals surface area contributed by atoms with E-state index in [-0.39, 0.29) is 44.5 Å². The lowest BCUT2D eigenvalue weighted by Crippen LogP contribution is -2.55. The van der Waals surface area contributed by atoms with Crippen LogP contribution in [0.4, 0.5) is 4.79 Å². The van der Waals surface area contributed by atoms with Gasteiger partial charge < -0.3 is 80.3 Å². The van der Waals surface area contributed by atoms with Gasteiger partial charge in [0.2, 0.25) is 29.5 Å². The first-order valence-electron chi connectivity index (χ1n) is 25.2. The predicted octanol–water partition coefficient (Wildman–Crippen LogP) is -2.37. The quantitative estimate of drug-likeness (QED) is 0.0158. The molecule has 426 valence electrons. The number of aromatic nitrogens is 5. The predicted molar refractivity (Wildman–Crippen MR) is 279 cm³/mol. The van der Waals surface area contributed by atoms with Crippen LogP contribution in [0, 0.1) is 17.8 Å². The average Bonchev–Trinajstić information content (AvgIpc) is 3.87. The fourth-order valence-corrected chi connectivity index (χ4v) is 7.07. The van der Waals surface area contributed by atoms with Crippen molar-refractivity contribution in [2.75, 3.05) is 139 Å². The van der Waals surface area contributed by atoms with Crippen molar-refractivity contribution in [2.24, 2.45) is 11.7 Å². The number of unbranched alkanes of at least 4 members (excludes halogenated alkanes) is 1. The number of carbonyl (C=O) groups excluding carboxylic acids is 6. The summed E-state index contributed by atoms with van der Waals surface area (Å²) in [6, 6.07) is -2.56. The highest BCUT2D eigenvalue weighted by Gasteiger charge is 2.28. The van der Waals surface area contributed by atoms with Crippen LogP contribution < -0.4 is 37.6 Å². The second-order valence-electron chi connectivity index (χ2n) is 16.5. The number of urea groups is 1. The molecule has 2 aromatic rings. The zero-order valence-electron chi connectivity index (χ0n) is 44.4. The number of nitrogens with zero attached hydrogens (tertiary/aromatic N) is 5. The highest BCUT2D eigenvalue weighted by atomic mass is 32.3. The summed E-state index contributed by atoms with van der Waals surface area (Å²) in [7, 11) is 3.04. The van der Waals surface area contributed by atoms with Gasteiger partial charge in [-0.05, 0) is 25.2 Å². The molecule has 76 heavy (non-hydrogen) atoms. The maximum Gasteiger partial charge on any atom is 0.316 e. The molecular weight excluding hydrogens is 1030 g/mol. The van der Waals surface area contributed by atoms with Crippen molar-refractivity contribution >= 4 is 60.9 Å². The number of amides is 7. The van der Waals surface area contributed by atoms with Crippen LogP contribution in [0.15, 0.2) is 23.7 Å². The molecule has 0 bridgehead atoms. The molecule has 0 aromatic carbocycles. The zero-order valence-corrected chi connectivity index (χ0v) is 47.2. The Labute approximate surface area is 456 Å². The van der Waals surface area contributed by atoms with Gasteiger partial charge in [-0.3, -0.25) is 24.0 Å². The van der Waals surface area contributed by atoms with Crippen molar-refractivity contribution in [3.63, 3.8) is 0 Å². The van der Waals surface area contributed by atoms with Gasteiger partial charge in [0, 0.05) is 45.4 Å². The van der Waals surface area contributed by atoms with Gasteiger partial charge in [0.25, 0.3) is 0 Å². The first-order valence-corrected chi connectivity index (χ1v) is 28.9.